The average Bonchev–Trinajstić information content (AvgIpc) is 2.83. The minimum absolute atomic E-state index is 0.109. The highest BCUT2D eigenvalue weighted by atomic mass is 32.1. The molecule has 0 amide bonds. The van der Waals surface area contributed by atoms with Gasteiger partial charge in [0.2, 0.25) is 0 Å². The summed E-state index contributed by atoms with van der Waals surface area (Å²) in [6.07, 6.45) is 1.73. The normalized spacial score (nSPS) is 10.4. The lowest BCUT2D eigenvalue weighted by Crippen LogP contribution is -2.00. The molecule has 0 spiro atoms. The minimum Gasteiger partial charge on any atom is -0.496 e. The van der Waals surface area contributed by atoms with Gasteiger partial charge in [0.15, 0.2) is 5.69 Å². The fraction of sp³-hybridized carbons (Fsp3) is 0.286. The summed E-state index contributed by atoms with van der Waals surface area (Å²) >= 11 is 1.42. The lowest BCUT2D eigenvalue weighted by molar-refractivity contribution is 0.0692. The smallest absolute Gasteiger partial charge is 0.356 e. The number of para-hydroxylation sites is 1. The van der Waals surface area contributed by atoms with E-state index in [4.69, 9.17) is 4.74 Å². The van der Waals surface area contributed by atoms with Crippen molar-refractivity contribution in [2.75, 3.05) is 7.11 Å². The molecule has 100 valence electrons. The molecule has 0 aliphatic carbocycles. The van der Waals surface area contributed by atoms with Crippen molar-refractivity contribution < 1.29 is 14.6 Å². The quantitative estimate of drug-likeness (QED) is 0.909. The first-order valence-electron chi connectivity index (χ1n) is 6.03. The molecule has 5 heteroatoms. The number of carboxylic acids is 1. The highest BCUT2D eigenvalue weighted by Crippen LogP contribution is 2.36. The number of nitrogens with zero attached hydrogens (tertiary/aromatic N) is 1. The van der Waals surface area contributed by atoms with E-state index < -0.39 is 5.97 Å². The van der Waals surface area contributed by atoms with Gasteiger partial charge in [-0.1, -0.05) is 19.1 Å². The predicted octanol–water partition coefficient (Wildman–Crippen LogP) is 3.47. The number of hydrogen-bond donors (Lipinski definition) is 1. The number of thiazole rings is 1. The van der Waals surface area contributed by atoms with Crippen molar-refractivity contribution in [3.63, 3.8) is 0 Å². The van der Waals surface area contributed by atoms with Gasteiger partial charge >= 0.3 is 5.97 Å². The Balaban J connectivity index is 2.56. The molecule has 0 atom stereocenters. The second-order valence-electron chi connectivity index (χ2n) is 4.04. The number of aromatic carboxylic acids is 1. The summed E-state index contributed by atoms with van der Waals surface area (Å²) in [6, 6.07) is 7.40. The van der Waals surface area contributed by atoms with Crippen molar-refractivity contribution in [2.24, 2.45) is 0 Å². The van der Waals surface area contributed by atoms with Gasteiger partial charge in [-0.25, -0.2) is 9.78 Å². The summed E-state index contributed by atoms with van der Waals surface area (Å²) in [4.78, 5) is 16.2. The molecule has 0 bridgehead atoms. The van der Waals surface area contributed by atoms with Gasteiger partial charge in [-0.2, -0.15) is 0 Å². The molecule has 4 nitrogen and oxygen atoms in total. The molecule has 1 heterocycles. The zero-order chi connectivity index (χ0) is 13.8. The first-order valence-corrected chi connectivity index (χ1v) is 6.85. The Bertz CT molecular complexity index is 592. The fourth-order valence-electron chi connectivity index (χ4n) is 1.84. The standard InChI is InChI=1S/C14H15NO3S/c1-3-6-11-15-12(14(16)17)13(19-11)9-7-4-5-8-10(9)18-2/h4-5,7-8H,3,6H2,1-2H3,(H,16,17). The van der Waals surface area contributed by atoms with E-state index in [2.05, 4.69) is 4.98 Å². The van der Waals surface area contributed by atoms with Crippen molar-refractivity contribution in [3.8, 4) is 16.2 Å². The van der Waals surface area contributed by atoms with Crippen LogP contribution in [0.5, 0.6) is 5.75 Å². The molecule has 1 aromatic carbocycles. The fourth-order valence-corrected chi connectivity index (χ4v) is 3.03. The van der Waals surface area contributed by atoms with Crippen LogP contribution in [0.4, 0.5) is 0 Å². The summed E-state index contributed by atoms with van der Waals surface area (Å²) in [5.74, 6) is -0.337. The number of hydrogen-bond acceptors (Lipinski definition) is 4. The summed E-state index contributed by atoms with van der Waals surface area (Å²) in [6.45, 7) is 2.05. The van der Waals surface area contributed by atoms with Gasteiger partial charge in [0, 0.05) is 5.56 Å². The number of methoxy groups -OCH3 is 1. The number of carbonyl (C=O) groups is 1. The molecule has 0 fully saturated rings. The van der Waals surface area contributed by atoms with E-state index in [1.165, 1.54) is 11.3 Å². The van der Waals surface area contributed by atoms with E-state index in [1.807, 2.05) is 31.2 Å². The predicted molar refractivity (Wildman–Crippen MR) is 75.1 cm³/mol. The van der Waals surface area contributed by atoms with Gasteiger partial charge in [0.25, 0.3) is 0 Å². The molecule has 19 heavy (non-hydrogen) atoms. The molecule has 1 N–H and O–H groups in total. The van der Waals surface area contributed by atoms with Crippen LogP contribution in [-0.2, 0) is 6.42 Å². The summed E-state index contributed by atoms with van der Waals surface area (Å²) in [7, 11) is 1.58. The largest absolute Gasteiger partial charge is 0.496 e. The third kappa shape index (κ3) is 2.76. The van der Waals surface area contributed by atoms with E-state index in [0.717, 1.165) is 23.4 Å². The zero-order valence-corrected chi connectivity index (χ0v) is 11.7. The molecular formula is C14H15NO3S. The molecule has 0 saturated heterocycles. The van der Waals surface area contributed by atoms with Crippen LogP contribution in [0.25, 0.3) is 10.4 Å². The number of ether oxygens (including phenoxy) is 1. The number of carboxylic acid groups (broad SMARTS) is 1. The first-order chi connectivity index (χ1) is 9.17. The Morgan fingerprint density at radius 1 is 1.42 bits per heavy atom. The highest BCUT2D eigenvalue weighted by molar-refractivity contribution is 7.15. The maximum atomic E-state index is 11.3. The number of aryl methyl sites for hydroxylation is 1. The minimum atomic E-state index is -1.00. The van der Waals surface area contributed by atoms with Crippen molar-refractivity contribution in [1.82, 2.24) is 4.98 Å². The van der Waals surface area contributed by atoms with Crippen LogP contribution in [0.3, 0.4) is 0 Å². The van der Waals surface area contributed by atoms with Gasteiger partial charge in [0.05, 0.1) is 17.0 Å². The van der Waals surface area contributed by atoms with E-state index in [0.29, 0.717) is 10.6 Å². The Morgan fingerprint density at radius 3 is 2.79 bits per heavy atom. The molecule has 0 unspecified atom stereocenters. The lowest BCUT2D eigenvalue weighted by atomic mass is 10.1. The van der Waals surface area contributed by atoms with Crippen LogP contribution in [0.1, 0.15) is 28.8 Å². The molecule has 2 rings (SSSR count). The van der Waals surface area contributed by atoms with Crippen molar-refractivity contribution in [1.29, 1.82) is 0 Å². The molecule has 2 aromatic rings. The van der Waals surface area contributed by atoms with E-state index in [9.17, 15) is 9.90 Å². The SMILES string of the molecule is CCCc1nc(C(=O)O)c(-c2ccccc2OC)s1. The highest BCUT2D eigenvalue weighted by Gasteiger charge is 2.20. The number of benzene rings is 1. The lowest BCUT2D eigenvalue weighted by Gasteiger charge is -2.06. The van der Waals surface area contributed by atoms with E-state index in [-0.39, 0.29) is 5.69 Å². The number of rotatable bonds is 5. The van der Waals surface area contributed by atoms with Crippen LogP contribution in [-0.4, -0.2) is 23.2 Å². The molecule has 0 radical (unpaired) electrons. The van der Waals surface area contributed by atoms with Crippen molar-refractivity contribution in [3.05, 3.63) is 35.0 Å². The summed E-state index contributed by atoms with van der Waals surface area (Å²) in [5.41, 5.74) is 0.889. The Hall–Kier alpha value is -1.88. The van der Waals surface area contributed by atoms with E-state index >= 15 is 0 Å². The average molecular weight is 277 g/mol. The second-order valence-corrected chi connectivity index (χ2v) is 5.12. The zero-order valence-electron chi connectivity index (χ0n) is 10.8. The van der Waals surface area contributed by atoms with Crippen LogP contribution in [0, 0.1) is 0 Å². The topological polar surface area (TPSA) is 59.4 Å². The van der Waals surface area contributed by atoms with Crippen LogP contribution in [0.2, 0.25) is 0 Å². The molecule has 1 aromatic heterocycles. The molecular weight excluding hydrogens is 262 g/mol. The molecule has 0 saturated carbocycles. The van der Waals surface area contributed by atoms with Gasteiger partial charge in [0.1, 0.15) is 5.75 Å². The van der Waals surface area contributed by atoms with Gasteiger partial charge in [-0.15, -0.1) is 11.3 Å². The van der Waals surface area contributed by atoms with Crippen LogP contribution >= 0.6 is 11.3 Å². The monoisotopic (exact) mass is 277 g/mol. The summed E-state index contributed by atoms with van der Waals surface area (Å²) in [5, 5.41) is 10.1. The number of aromatic nitrogens is 1. The first kappa shape index (κ1) is 13.5. The van der Waals surface area contributed by atoms with Gasteiger partial charge < -0.3 is 9.84 Å². The Kier molecular flexibility index (Phi) is 4.16. The van der Waals surface area contributed by atoms with Crippen molar-refractivity contribution in [2.45, 2.75) is 19.8 Å². The third-order valence-corrected chi connectivity index (χ3v) is 3.84. The molecule has 0 aliphatic rings. The molecule has 0 aliphatic heterocycles. The summed E-state index contributed by atoms with van der Waals surface area (Å²) < 4.78 is 5.29. The maximum absolute atomic E-state index is 11.3. The van der Waals surface area contributed by atoms with Crippen molar-refractivity contribution >= 4 is 17.3 Å². The van der Waals surface area contributed by atoms with E-state index in [1.54, 1.807) is 7.11 Å². The van der Waals surface area contributed by atoms with Crippen LogP contribution in [0.15, 0.2) is 24.3 Å². The Morgan fingerprint density at radius 2 is 2.16 bits per heavy atom. The Labute approximate surface area is 115 Å². The van der Waals surface area contributed by atoms with Gasteiger partial charge in [-0.05, 0) is 25.0 Å². The third-order valence-electron chi connectivity index (χ3n) is 2.69. The van der Waals surface area contributed by atoms with Crippen LogP contribution < -0.4 is 4.74 Å². The second kappa shape index (κ2) is 5.84. The maximum Gasteiger partial charge on any atom is 0.356 e. The van der Waals surface area contributed by atoms with Gasteiger partial charge in [-0.3, -0.25) is 0 Å².